The molecule has 0 bridgehead atoms. The van der Waals surface area contributed by atoms with Crippen LogP contribution in [0.5, 0.6) is 0 Å². The molecule has 0 spiro atoms. The van der Waals surface area contributed by atoms with Crippen LogP contribution in [0.15, 0.2) is 24.3 Å². The minimum absolute atomic E-state index is 0.281. The fourth-order valence-electron chi connectivity index (χ4n) is 2.82. The Balaban J connectivity index is 2.47. The van der Waals surface area contributed by atoms with Gasteiger partial charge in [-0.3, -0.25) is 0 Å². The first kappa shape index (κ1) is 13.9. The molecular weight excluding hydrogens is 343 g/mol. The van der Waals surface area contributed by atoms with E-state index in [9.17, 15) is 0 Å². The first-order valence-electron chi connectivity index (χ1n) is 6.56. The molecule has 3 heteroatoms. The Morgan fingerprint density at radius 3 is 1.41 bits per heavy atom. The molecule has 1 aromatic carbocycles. The third-order valence-corrected chi connectivity index (χ3v) is 28.5. The summed E-state index contributed by atoms with van der Waals surface area (Å²) in [6.07, 6.45) is 0. The van der Waals surface area contributed by atoms with E-state index in [2.05, 4.69) is 63.5 Å². The second-order valence-electron chi connectivity index (χ2n) is 7.39. The van der Waals surface area contributed by atoms with Gasteiger partial charge in [-0.05, 0) is 0 Å². The molecule has 2 rings (SSSR count). The van der Waals surface area contributed by atoms with Gasteiger partial charge in [-0.1, -0.05) is 0 Å². The zero-order valence-corrected chi connectivity index (χ0v) is 16.8. The Morgan fingerprint density at radius 2 is 1.12 bits per heavy atom. The van der Waals surface area contributed by atoms with Gasteiger partial charge >= 0.3 is 119 Å². The molecule has 0 fully saturated rings. The van der Waals surface area contributed by atoms with Crippen molar-refractivity contribution in [1.82, 2.24) is 0 Å². The molecule has 0 aliphatic carbocycles. The monoisotopic (exact) mass is 368 g/mol. The van der Waals surface area contributed by atoms with E-state index in [-0.39, 0.29) is 21.1 Å². The van der Waals surface area contributed by atoms with Gasteiger partial charge in [-0.15, -0.1) is 0 Å². The number of hydrogen-bond donors (Lipinski definition) is 0. The van der Waals surface area contributed by atoms with Gasteiger partial charge in [0.15, 0.2) is 0 Å². The van der Waals surface area contributed by atoms with Crippen molar-refractivity contribution in [3.63, 3.8) is 0 Å². The van der Waals surface area contributed by atoms with Crippen molar-refractivity contribution in [3.05, 3.63) is 35.4 Å². The molecule has 92 valence electrons. The van der Waals surface area contributed by atoms with Gasteiger partial charge in [-0.25, -0.2) is 0 Å². The number of benzene rings is 1. The van der Waals surface area contributed by atoms with E-state index in [0.717, 1.165) is 7.11 Å². The Labute approximate surface area is 118 Å². The average Bonchev–Trinajstić information content (AvgIpc) is 2.55. The minimum atomic E-state index is -0.998. The maximum atomic E-state index is 2.57. The molecule has 1 heterocycles. The second-order valence-corrected chi connectivity index (χ2v) is 25.6. The van der Waals surface area contributed by atoms with Crippen LogP contribution in [0, 0.1) is 0 Å². The molecule has 1 aromatic rings. The normalized spacial score (nSPS) is 24.8. The van der Waals surface area contributed by atoms with Crippen LogP contribution in [0.4, 0.5) is 0 Å². The van der Waals surface area contributed by atoms with Gasteiger partial charge in [0.05, 0.1) is 0 Å². The Morgan fingerprint density at radius 1 is 0.765 bits per heavy atom. The van der Waals surface area contributed by atoms with Gasteiger partial charge in [0.1, 0.15) is 0 Å². The SMILES string of the molecule is C[Si](C)(C)[CH]1[Sn][CH]([Si](C)(C)C)c2ccccc21. The molecule has 0 N–H and O–H groups in total. The van der Waals surface area contributed by atoms with E-state index in [4.69, 9.17) is 0 Å². The summed E-state index contributed by atoms with van der Waals surface area (Å²) in [6.45, 7) is 15.4. The van der Waals surface area contributed by atoms with Crippen molar-refractivity contribution in [2.75, 3.05) is 0 Å². The van der Waals surface area contributed by atoms with Crippen LogP contribution in [-0.2, 0) is 0 Å². The number of rotatable bonds is 2. The van der Waals surface area contributed by atoms with Crippen molar-refractivity contribution in [2.45, 2.75) is 46.4 Å². The number of hydrogen-bond acceptors (Lipinski definition) is 0. The summed E-state index contributed by atoms with van der Waals surface area (Å²) in [6, 6.07) is 9.41. The average molecular weight is 367 g/mol. The third-order valence-electron chi connectivity index (χ3n) is 3.68. The van der Waals surface area contributed by atoms with Gasteiger partial charge < -0.3 is 0 Å². The fourth-order valence-corrected chi connectivity index (χ4v) is 21.6. The fraction of sp³-hybridized carbons (Fsp3) is 0.571. The zero-order valence-electron chi connectivity index (χ0n) is 12.0. The molecule has 0 saturated carbocycles. The molecule has 0 nitrogen and oxygen atoms in total. The van der Waals surface area contributed by atoms with Gasteiger partial charge in [0.2, 0.25) is 0 Å². The van der Waals surface area contributed by atoms with E-state index in [1.807, 2.05) is 0 Å². The van der Waals surface area contributed by atoms with Crippen LogP contribution in [0.2, 0.25) is 39.3 Å². The van der Waals surface area contributed by atoms with E-state index in [1.54, 1.807) is 11.1 Å². The van der Waals surface area contributed by atoms with E-state index in [0.29, 0.717) is 0 Å². The summed E-state index contributed by atoms with van der Waals surface area (Å²) in [4.78, 5) is 0. The third kappa shape index (κ3) is 2.73. The molecule has 2 unspecified atom stereocenters. The van der Waals surface area contributed by atoms with Gasteiger partial charge in [0, 0.05) is 0 Å². The molecule has 0 amide bonds. The topological polar surface area (TPSA) is 0 Å². The Bertz CT molecular complexity index is 376. The van der Waals surface area contributed by atoms with Crippen LogP contribution >= 0.6 is 0 Å². The molecule has 0 saturated heterocycles. The zero-order chi connectivity index (χ0) is 12.8. The summed E-state index contributed by atoms with van der Waals surface area (Å²) in [5.74, 6) is 0. The molecule has 1 aliphatic rings. The summed E-state index contributed by atoms with van der Waals surface area (Å²) < 4.78 is 2.11. The van der Waals surface area contributed by atoms with Crippen LogP contribution < -0.4 is 0 Å². The quantitative estimate of drug-likeness (QED) is 0.686. The maximum absolute atomic E-state index is 2.57. The van der Waals surface area contributed by atoms with Crippen LogP contribution in [0.1, 0.15) is 18.2 Å². The second kappa shape index (κ2) is 4.53. The van der Waals surface area contributed by atoms with Gasteiger partial charge in [0.25, 0.3) is 0 Å². The molecule has 1 aliphatic heterocycles. The van der Waals surface area contributed by atoms with E-state index in [1.165, 1.54) is 0 Å². The van der Waals surface area contributed by atoms with Crippen molar-refractivity contribution in [1.29, 1.82) is 0 Å². The van der Waals surface area contributed by atoms with Crippen LogP contribution in [0.25, 0.3) is 0 Å². The molecule has 0 aromatic heterocycles. The summed E-state index contributed by atoms with van der Waals surface area (Å²) in [5, 5.41) is 0. The van der Waals surface area contributed by atoms with Crippen LogP contribution in [0.3, 0.4) is 0 Å². The molecule has 2 atom stereocenters. The Kier molecular flexibility index (Phi) is 3.70. The number of fused-ring (bicyclic) bond motifs is 1. The van der Waals surface area contributed by atoms with E-state index >= 15 is 0 Å². The molecule has 2 radical (unpaired) electrons. The van der Waals surface area contributed by atoms with Crippen molar-refractivity contribution < 1.29 is 0 Å². The molecule has 17 heavy (non-hydrogen) atoms. The molecular formula is C14H24Si2Sn. The van der Waals surface area contributed by atoms with Crippen LogP contribution in [-0.4, -0.2) is 37.3 Å². The summed E-state index contributed by atoms with van der Waals surface area (Å²) in [7, 11) is -2.00. The predicted molar refractivity (Wildman–Crippen MR) is 84.4 cm³/mol. The van der Waals surface area contributed by atoms with E-state index < -0.39 is 16.1 Å². The Hall–Kier alpha value is 0.452. The van der Waals surface area contributed by atoms with Crippen molar-refractivity contribution >= 4 is 37.3 Å². The van der Waals surface area contributed by atoms with Crippen molar-refractivity contribution in [3.8, 4) is 0 Å². The first-order valence-corrected chi connectivity index (χ1v) is 17.0. The van der Waals surface area contributed by atoms with Crippen molar-refractivity contribution in [2.24, 2.45) is 0 Å². The first-order chi connectivity index (χ1) is 7.71. The standard InChI is InChI=1S/C14H24Si2.Sn/c1-15(2,3)11-13-9-7-8-10-14(13)12-16(4,5)6;/h7-12H,1-6H3;. The van der Waals surface area contributed by atoms with Gasteiger partial charge in [-0.2, -0.15) is 0 Å². The predicted octanol–water partition coefficient (Wildman–Crippen LogP) is 4.24. The summed E-state index contributed by atoms with van der Waals surface area (Å²) in [5.41, 5.74) is 3.54. The summed E-state index contributed by atoms with van der Waals surface area (Å²) >= 11 is -0.281.